The maximum Gasteiger partial charge on any atom is 0.416 e. The number of ether oxygens (including phenoxy) is 7. The van der Waals surface area contributed by atoms with E-state index >= 15 is 0 Å². The van der Waals surface area contributed by atoms with Gasteiger partial charge in [-0.3, -0.25) is 10.1 Å². The number of benzene rings is 3. The van der Waals surface area contributed by atoms with E-state index < -0.39 is 22.6 Å². The second kappa shape index (κ2) is 20.8. The van der Waals surface area contributed by atoms with Crippen molar-refractivity contribution < 1.29 is 56.0 Å². The van der Waals surface area contributed by atoms with Crippen LogP contribution in [0.1, 0.15) is 15.9 Å². The number of rotatable bonds is 23. The minimum Gasteiger partial charge on any atom is -0.491 e. The molecule has 0 heterocycles. The quantitative estimate of drug-likeness (QED) is 0.0580. The summed E-state index contributed by atoms with van der Waals surface area (Å²) in [5.41, 5.74) is -0.121. The Balaban J connectivity index is 1.12. The average molecular weight is 667 g/mol. The third-order valence-electron chi connectivity index (χ3n) is 6.11. The van der Waals surface area contributed by atoms with Crippen LogP contribution < -0.4 is 10.1 Å². The molecule has 0 unspecified atom stereocenters. The molecule has 3 aromatic rings. The first-order valence-corrected chi connectivity index (χ1v) is 14.7. The SMILES string of the molecule is O=C(OCCOCCOCCOCCOCCOCCOc1ccc([N+](=O)[O-])cc1)c1ccccc1Nc1cccc(C(F)(F)F)c1. The van der Waals surface area contributed by atoms with E-state index in [0.717, 1.165) is 12.1 Å². The van der Waals surface area contributed by atoms with Crippen molar-refractivity contribution in [1.29, 1.82) is 0 Å². The second-order valence-electron chi connectivity index (χ2n) is 9.55. The number of nitro groups is 1. The molecule has 0 aromatic heterocycles. The maximum atomic E-state index is 13.0. The van der Waals surface area contributed by atoms with Crippen LogP contribution in [0.4, 0.5) is 30.2 Å². The summed E-state index contributed by atoms with van der Waals surface area (Å²) in [6.45, 7) is 3.72. The van der Waals surface area contributed by atoms with Gasteiger partial charge in [-0.1, -0.05) is 18.2 Å². The van der Waals surface area contributed by atoms with Gasteiger partial charge < -0.3 is 38.5 Å². The van der Waals surface area contributed by atoms with Crippen LogP contribution in [0.25, 0.3) is 0 Å². The highest BCUT2D eigenvalue weighted by Gasteiger charge is 2.30. The number of nitrogens with one attached hydrogen (secondary N) is 1. The molecular formula is C32H37F3N2O10. The normalized spacial score (nSPS) is 11.3. The van der Waals surface area contributed by atoms with Crippen molar-refractivity contribution in [1.82, 2.24) is 0 Å². The summed E-state index contributed by atoms with van der Waals surface area (Å²) in [5, 5.41) is 13.5. The van der Waals surface area contributed by atoms with E-state index in [1.165, 1.54) is 42.5 Å². The summed E-state index contributed by atoms with van der Waals surface area (Å²) in [7, 11) is 0. The lowest BCUT2D eigenvalue weighted by Gasteiger charge is -2.13. The van der Waals surface area contributed by atoms with Crippen LogP contribution in [0.3, 0.4) is 0 Å². The molecule has 15 heteroatoms. The highest BCUT2D eigenvalue weighted by Crippen LogP contribution is 2.32. The largest absolute Gasteiger partial charge is 0.491 e. The molecule has 0 aliphatic carbocycles. The van der Waals surface area contributed by atoms with Gasteiger partial charge in [-0.25, -0.2) is 4.79 Å². The van der Waals surface area contributed by atoms with Gasteiger partial charge in [0.2, 0.25) is 0 Å². The number of alkyl halides is 3. The van der Waals surface area contributed by atoms with Gasteiger partial charge in [0.25, 0.3) is 5.69 Å². The highest BCUT2D eigenvalue weighted by atomic mass is 19.4. The molecule has 3 aromatic carbocycles. The Kier molecular flexibility index (Phi) is 16.4. The predicted octanol–water partition coefficient (Wildman–Crippen LogP) is 5.68. The van der Waals surface area contributed by atoms with Crippen molar-refractivity contribution in [3.8, 4) is 5.75 Å². The fraction of sp³-hybridized carbons (Fsp3) is 0.406. The molecule has 0 aliphatic rings. The molecule has 47 heavy (non-hydrogen) atoms. The molecular weight excluding hydrogens is 629 g/mol. The van der Waals surface area contributed by atoms with Gasteiger partial charge >= 0.3 is 12.1 Å². The summed E-state index contributed by atoms with van der Waals surface area (Å²) < 4.78 is 76.8. The number of para-hydroxylation sites is 1. The summed E-state index contributed by atoms with van der Waals surface area (Å²) >= 11 is 0. The molecule has 1 N–H and O–H groups in total. The van der Waals surface area contributed by atoms with Crippen molar-refractivity contribution >= 4 is 23.0 Å². The lowest BCUT2D eigenvalue weighted by atomic mass is 10.1. The Bertz CT molecular complexity index is 1360. The number of non-ortho nitro benzene ring substituents is 1. The van der Waals surface area contributed by atoms with Gasteiger partial charge in [0.1, 0.15) is 19.0 Å². The Morgan fingerprint density at radius 3 is 1.77 bits per heavy atom. The molecule has 0 amide bonds. The minimum atomic E-state index is -4.48. The molecule has 0 radical (unpaired) electrons. The third-order valence-corrected chi connectivity index (χ3v) is 6.11. The van der Waals surface area contributed by atoms with Crippen LogP contribution in [-0.4, -0.2) is 90.2 Å². The number of halogens is 3. The van der Waals surface area contributed by atoms with Crippen LogP contribution in [-0.2, 0) is 34.6 Å². The summed E-state index contributed by atoms with van der Waals surface area (Å²) in [6, 6.07) is 16.9. The summed E-state index contributed by atoms with van der Waals surface area (Å²) in [4.78, 5) is 22.7. The van der Waals surface area contributed by atoms with Crippen LogP contribution in [0, 0.1) is 10.1 Å². The Morgan fingerprint density at radius 1 is 0.681 bits per heavy atom. The van der Waals surface area contributed by atoms with E-state index in [4.69, 9.17) is 33.2 Å². The number of carbonyl (C=O) groups is 1. The lowest BCUT2D eigenvalue weighted by Crippen LogP contribution is -2.15. The molecule has 0 fully saturated rings. The van der Waals surface area contributed by atoms with Gasteiger partial charge in [-0.15, -0.1) is 0 Å². The van der Waals surface area contributed by atoms with Crippen LogP contribution >= 0.6 is 0 Å². The smallest absolute Gasteiger partial charge is 0.416 e. The van der Waals surface area contributed by atoms with E-state index in [-0.39, 0.29) is 36.8 Å². The monoisotopic (exact) mass is 666 g/mol. The van der Waals surface area contributed by atoms with Crippen LogP contribution in [0.2, 0.25) is 0 Å². The molecule has 3 rings (SSSR count). The van der Waals surface area contributed by atoms with Gasteiger partial charge in [-0.05, 0) is 42.5 Å². The van der Waals surface area contributed by atoms with Gasteiger partial charge in [0, 0.05) is 17.8 Å². The Hall–Kier alpha value is -4.28. The predicted molar refractivity (Wildman–Crippen MR) is 164 cm³/mol. The second-order valence-corrected chi connectivity index (χ2v) is 9.55. The minimum absolute atomic E-state index is 0.00238. The van der Waals surface area contributed by atoms with Gasteiger partial charge in [0.05, 0.1) is 87.8 Å². The number of nitro benzene ring substituents is 1. The van der Waals surface area contributed by atoms with E-state index in [0.29, 0.717) is 70.9 Å². The summed E-state index contributed by atoms with van der Waals surface area (Å²) in [6.07, 6.45) is -4.48. The molecule has 12 nitrogen and oxygen atoms in total. The van der Waals surface area contributed by atoms with E-state index in [9.17, 15) is 28.1 Å². The standard InChI is InChI=1S/C32H37F3N2O10/c33-32(34,35)25-4-3-5-26(24-25)36-30-7-2-1-6-29(30)31(38)47-23-21-45-19-17-43-15-13-41-12-14-42-16-18-44-20-22-46-28-10-8-27(9-11-28)37(39)40/h1-11,24,36H,12-23H2. The first-order valence-electron chi connectivity index (χ1n) is 14.7. The molecule has 256 valence electrons. The number of nitrogens with zero attached hydrogens (tertiary/aromatic N) is 1. The van der Waals surface area contributed by atoms with Crippen molar-refractivity contribution in [3.05, 3.63) is 94.0 Å². The number of carbonyl (C=O) groups excluding carboxylic acids is 1. The fourth-order valence-electron chi connectivity index (χ4n) is 3.83. The molecule has 0 atom stereocenters. The van der Waals surface area contributed by atoms with E-state index in [1.807, 2.05) is 0 Å². The van der Waals surface area contributed by atoms with Crippen LogP contribution in [0.15, 0.2) is 72.8 Å². The number of anilines is 2. The van der Waals surface area contributed by atoms with Crippen LogP contribution in [0.5, 0.6) is 5.75 Å². The molecule has 0 saturated heterocycles. The zero-order valence-corrected chi connectivity index (χ0v) is 25.6. The molecule has 0 aliphatic heterocycles. The van der Waals surface area contributed by atoms with E-state index in [2.05, 4.69) is 5.32 Å². The zero-order valence-electron chi connectivity index (χ0n) is 25.6. The molecule has 0 spiro atoms. The molecule has 0 saturated carbocycles. The number of hydrogen-bond acceptors (Lipinski definition) is 11. The van der Waals surface area contributed by atoms with Gasteiger partial charge in [-0.2, -0.15) is 13.2 Å². The molecule has 0 bridgehead atoms. The van der Waals surface area contributed by atoms with Crippen molar-refractivity contribution in [2.45, 2.75) is 6.18 Å². The topological polar surface area (TPSA) is 137 Å². The lowest BCUT2D eigenvalue weighted by molar-refractivity contribution is -0.384. The number of hydrogen-bond donors (Lipinski definition) is 1. The van der Waals surface area contributed by atoms with Gasteiger partial charge in [0.15, 0.2) is 0 Å². The third kappa shape index (κ3) is 14.8. The highest BCUT2D eigenvalue weighted by molar-refractivity contribution is 5.96. The first kappa shape index (κ1) is 37.2. The van der Waals surface area contributed by atoms with Crippen molar-refractivity contribution in [3.63, 3.8) is 0 Å². The fourth-order valence-corrected chi connectivity index (χ4v) is 3.83. The van der Waals surface area contributed by atoms with E-state index in [1.54, 1.807) is 18.2 Å². The summed E-state index contributed by atoms with van der Waals surface area (Å²) in [5.74, 6) is -0.112. The number of esters is 1. The average Bonchev–Trinajstić information content (AvgIpc) is 3.06. The Labute approximate surface area is 269 Å². The maximum absolute atomic E-state index is 13.0. The zero-order chi connectivity index (χ0) is 33.7. The van der Waals surface area contributed by atoms with Crippen molar-refractivity contribution in [2.24, 2.45) is 0 Å². The van der Waals surface area contributed by atoms with Crippen molar-refractivity contribution in [2.75, 3.05) is 84.6 Å². The first-order chi connectivity index (χ1) is 22.7. The Morgan fingerprint density at radius 2 is 1.21 bits per heavy atom.